The molecule has 2 rings (SSSR count). The summed E-state index contributed by atoms with van der Waals surface area (Å²) in [4.78, 5) is 23.9. The number of nitrogens with one attached hydrogen (secondary N) is 3. The third-order valence-electron chi connectivity index (χ3n) is 3.75. The van der Waals surface area contributed by atoms with Crippen molar-refractivity contribution < 1.29 is 14.3 Å². The maximum absolute atomic E-state index is 12.0. The van der Waals surface area contributed by atoms with Crippen LogP contribution in [0.3, 0.4) is 0 Å². The molecular weight excluding hydrogens is 362 g/mol. The molecule has 7 heteroatoms. The van der Waals surface area contributed by atoms with E-state index >= 15 is 0 Å². The molecule has 2 aromatic rings. The second kappa shape index (κ2) is 9.68. The second-order valence-electron chi connectivity index (χ2n) is 6.27. The van der Waals surface area contributed by atoms with E-state index in [1.807, 2.05) is 63.2 Å². The molecule has 3 N–H and O–H groups in total. The quantitative estimate of drug-likeness (QED) is 0.543. The van der Waals surface area contributed by atoms with Gasteiger partial charge in [-0.2, -0.15) is 0 Å². The molecule has 0 unspecified atom stereocenters. The van der Waals surface area contributed by atoms with Crippen molar-refractivity contribution in [2.75, 3.05) is 6.61 Å². The zero-order chi connectivity index (χ0) is 19.8. The fourth-order valence-electron chi connectivity index (χ4n) is 2.51. The summed E-state index contributed by atoms with van der Waals surface area (Å²) in [5.74, 6) is -0.0519. The SMILES string of the molecule is Cc1cc(C)cc(OCC(=O)NNC(=S)NC(=O)Cc2ccccc2C)c1. The smallest absolute Gasteiger partial charge is 0.276 e. The fraction of sp³-hybridized carbons (Fsp3) is 0.250. The van der Waals surface area contributed by atoms with Crippen molar-refractivity contribution in [1.29, 1.82) is 0 Å². The molecule has 0 fully saturated rings. The predicted molar refractivity (Wildman–Crippen MR) is 108 cm³/mol. The lowest BCUT2D eigenvalue weighted by Crippen LogP contribution is -2.50. The van der Waals surface area contributed by atoms with Crippen LogP contribution >= 0.6 is 12.2 Å². The maximum Gasteiger partial charge on any atom is 0.276 e. The van der Waals surface area contributed by atoms with Gasteiger partial charge in [0.1, 0.15) is 5.75 Å². The highest BCUT2D eigenvalue weighted by atomic mass is 32.1. The second-order valence-corrected chi connectivity index (χ2v) is 6.67. The Morgan fingerprint density at radius 3 is 2.30 bits per heavy atom. The highest BCUT2D eigenvalue weighted by molar-refractivity contribution is 7.80. The lowest BCUT2D eigenvalue weighted by Gasteiger charge is -2.12. The van der Waals surface area contributed by atoms with Gasteiger partial charge in [0, 0.05) is 0 Å². The maximum atomic E-state index is 12.0. The number of carbonyl (C=O) groups excluding carboxylic acids is 2. The molecule has 2 amide bonds. The normalized spacial score (nSPS) is 10.0. The van der Waals surface area contributed by atoms with Crippen LogP contribution in [0.2, 0.25) is 0 Å². The van der Waals surface area contributed by atoms with Gasteiger partial charge in [0.15, 0.2) is 11.7 Å². The van der Waals surface area contributed by atoms with E-state index in [9.17, 15) is 9.59 Å². The molecule has 0 heterocycles. The highest BCUT2D eigenvalue weighted by Crippen LogP contribution is 2.15. The minimum Gasteiger partial charge on any atom is -0.484 e. The summed E-state index contributed by atoms with van der Waals surface area (Å²) in [6.45, 7) is 5.68. The fourth-order valence-corrected chi connectivity index (χ4v) is 2.68. The summed E-state index contributed by atoms with van der Waals surface area (Å²) >= 11 is 5.01. The lowest BCUT2D eigenvalue weighted by molar-refractivity contribution is -0.124. The highest BCUT2D eigenvalue weighted by Gasteiger charge is 2.09. The standard InChI is InChI=1S/C20H23N3O3S/c1-13-8-14(2)10-17(9-13)26-12-19(25)22-23-20(27)21-18(24)11-16-7-5-4-6-15(16)3/h4-10H,11-12H2,1-3H3,(H,22,25)(H2,21,23,24,27). The Morgan fingerprint density at radius 1 is 0.963 bits per heavy atom. The van der Waals surface area contributed by atoms with Crippen molar-refractivity contribution in [3.8, 4) is 5.75 Å². The molecule has 0 saturated carbocycles. The van der Waals surface area contributed by atoms with Gasteiger partial charge in [-0.1, -0.05) is 30.3 Å². The molecule has 0 saturated heterocycles. The largest absolute Gasteiger partial charge is 0.484 e. The lowest BCUT2D eigenvalue weighted by atomic mass is 10.1. The number of benzene rings is 2. The predicted octanol–water partition coefficient (Wildman–Crippen LogP) is 2.26. The van der Waals surface area contributed by atoms with E-state index < -0.39 is 5.91 Å². The van der Waals surface area contributed by atoms with E-state index in [1.165, 1.54) is 0 Å². The number of aryl methyl sites for hydroxylation is 3. The Labute approximate surface area is 164 Å². The molecule has 27 heavy (non-hydrogen) atoms. The summed E-state index contributed by atoms with van der Waals surface area (Å²) in [6, 6.07) is 13.3. The topological polar surface area (TPSA) is 79.5 Å². The third-order valence-corrected chi connectivity index (χ3v) is 3.95. The first kappa shape index (κ1) is 20.4. The summed E-state index contributed by atoms with van der Waals surface area (Å²) in [6.07, 6.45) is 0.207. The van der Waals surface area contributed by atoms with E-state index in [0.29, 0.717) is 5.75 Å². The molecule has 0 aliphatic carbocycles. The number of carbonyl (C=O) groups is 2. The Hall–Kier alpha value is -2.93. The summed E-state index contributed by atoms with van der Waals surface area (Å²) < 4.78 is 5.45. The Bertz CT molecular complexity index is 832. The van der Waals surface area contributed by atoms with Crippen LogP contribution in [0.25, 0.3) is 0 Å². The Morgan fingerprint density at radius 2 is 1.63 bits per heavy atom. The molecule has 0 aromatic heterocycles. The first-order chi connectivity index (χ1) is 12.8. The van der Waals surface area contributed by atoms with Gasteiger partial charge >= 0.3 is 0 Å². The van der Waals surface area contributed by atoms with E-state index in [1.54, 1.807) is 0 Å². The van der Waals surface area contributed by atoms with Crippen LogP contribution < -0.4 is 20.9 Å². The van der Waals surface area contributed by atoms with Crippen LogP contribution in [0.5, 0.6) is 5.75 Å². The minimum absolute atomic E-state index is 0.0216. The number of amides is 2. The number of thiocarbonyl (C=S) groups is 1. The van der Waals surface area contributed by atoms with E-state index in [-0.39, 0.29) is 24.0 Å². The van der Waals surface area contributed by atoms with Gasteiger partial charge in [0.05, 0.1) is 6.42 Å². The monoisotopic (exact) mass is 385 g/mol. The van der Waals surface area contributed by atoms with Crippen molar-refractivity contribution in [2.24, 2.45) is 0 Å². The van der Waals surface area contributed by atoms with E-state index in [2.05, 4.69) is 16.2 Å². The van der Waals surface area contributed by atoms with Crippen LogP contribution in [0, 0.1) is 20.8 Å². The molecule has 6 nitrogen and oxygen atoms in total. The molecule has 0 bridgehead atoms. The van der Waals surface area contributed by atoms with Crippen LogP contribution in [0.1, 0.15) is 22.3 Å². The molecule has 0 spiro atoms. The van der Waals surface area contributed by atoms with E-state index in [4.69, 9.17) is 17.0 Å². The molecule has 2 aromatic carbocycles. The molecular formula is C20H23N3O3S. The number of hydrazine groups is 1. The molecule has 0 radical (unpaired) electrons. The Balaban J connectivity index is 1.72. The number of hydrogen-bond donors (Lipinski definition) is 3. The van der Waals surface area contributed by atoms with Crippen molar-refractivity contribution in [3.63, 3.8) is 0 Å². The van der Waals surface area contributed by atoms with Crippen molar-refractivity contribution in [1.82, 2.24) is 16.2 Å². The van der Waals surface area contributed by atoms with Gasteiger partial charge in [-0.25, -0.2) is 0 Å². The van der Waals surface area contributed by atoms with Crippen LogP contribution in [0.15, 0.2) is 42.5 Å². The zero-order valence-electron chi connectivity index (χ0n) is 15.6. The number of ether oxygens (including phenoxy) is 1. The number of hydrogen-bond acceptors (Lipinski definition) is 4. The third kappa shape index (κ3) is 7.07. The van der Waals surface area contributed by atoms with Crippen LogP contribution in [-0.4, -0.2) is 23.5 Å². The van der Waals surface area contributed by atoms with Gasteiger partial charge in [0.25, 0.3) is 5.91 Å². The van der Waals surface area contributed by atoms with Gasteiger partial charge in [-0.3, -0.25) is 20.4 Å². The number of rotatable bonds is 5. The van der Waals surface area contributed by atoms with Gasteiger partial charge in [-0.15, -0.1) is 0 Å². The average Bonchev–Trinajstić information content (AvgIpc) is 2.59. The summed E-state index contributed by atoms with van der Waals surface area (Å²) in [5.41, 5.74) is 8.95. The van der Waals surface area contributed by atoms with Crippen LogP contribution in [0.4, 0.5) is 0 Å². The van der Waals surface area contributed by atoms with Gasteiger partial charge in [-0.05, 0) is 67.4 Å². The zero-order valence-corrected chi connectivity index (χ0v) is 16.4. The minimum atomic E-state index is -0.412. The van der Waals surface area contributed by atoms with Gasteiger partial charge in [0.2, 0.25) is 5.91 Å². The summed E-state index contributed by atoms with van der Waals surface area (Å²) in [5, 5.41) is 2.55. The molecule has 0 aliphatic rings. The summed E-state index contributed by atoms with van der Waals surface area (Å²) in [7, 11) is 0. The van der Waals surface area contributed by atoms with E-state index in [0.717, 1.165) is 22.3 Å². The molecule has 0 atom stereocenters. The first-order valence-corrected chi connectivity index (χ1v) is 8.88. The molecule has 0 aliphatic heterocycles. The molecule has 142 valence electrons. The average molecular weight is 385 g/mol. The first-order valence-electron chi connectivity index (χ1n) is 8.48. The van der Waals surface area contributed by atoms with Crippen molar-refractivity contribution in [3.05, 3.63) is 64.7 Å². The van der Waals surface area contributed by atoms with Crippen molar-refractivity contribution in [2.45, 2.75) is 27.2 Å². The van der Waals surface area contributed by atoms with Crippen molar-refractivity contribution >= 4 is 29.1 Å². The Kier molecular flexibility index (Phi) is 7.31. The van der Waals surface area contributed by atoms with Gasteiger partial charge < -0.3 is 10.1 Å². The van der Waals surface area contributed by atoms with Crippen LogP contribution in [-0.2, 0) is 16.0 Å².